The molecule has 0 amide bonds. The van der Waals surface area contributed by atoms with Crippen LogP contribution in [-0.2, 0) is 4.79 Å². The Labute approximate surface area is 76.2 Å². The highest BCUT2D eigenvalue weighted by molar-refractivity contribution is 5.71. The molecule has 0 radical (unpaired) electrons. The van der Waals surface area contributed by atoms with Crippen LogP contribution in [0.15, 0.2) is 0 Å². The number of aliphatic hydroxyl groups excluding tert-OH is 2. The predicted molar refractivity (Wildman–Crippen MR) is 44.0 cm³/mol. The molecule has 74 valence electrons. The molecule has 0 aromatic heterocycles. The summed E-state index contributed by atoms with van der Waals surface area (Å²) in [4.78, 5) is 10.8. The average Bonchev–Trinajstić information content (AvgIpc) is 2.12. The quantitative estimate of drug-likeness (QED) is 0.531. The molecule has 4 nitrogen and oxygen atoms in total. The fourth-order valence-electron chi connectivity index (χ4n) is 2.76. The van der Waals surface area contributed by atoms with Gasteiger partial charge in [-0.3, -0.25) is 4.79 Å². The van der Waals surface area contributed by atoms with E-state index in [1.54, 1.807) is 0 Å². The fraction of sp³-hybridized carbons (Fsp3) is 0.889. The lowest BCUT2D eigenvalue weighted by Crippen LogP contribution is -2.53. The highest BCUT2D eigenvalue weighted by Crippen LogP contribution is 2.45. The van der Waals surface area contributed by atoms with E-state index in [0.717, 1.165) is 12.8 Å². The molecule has 3 fully saturated rings. The van der Waals surface area contributed by atoms with Crippen LogP contribution in [0.3, 0.4) is 0 Å². The summed E-state index contributed by atoms with van der Waals surface area (Å²) in [5.41, 5.74) is 0. The van der Waals surface area contributed by atoms with Gasteiger partial charge in [-0.1, -0.05) is 0 Å². The summed E-state index contributed by atoms with van der Waals surface area (Å²) in [5.74, 6) is -1.53. The minimum absolute atomic E-state index is 0.0129. The van der Waals surface area contributed by atoms with Gasteiger partial charge in [0, 0.05) is 5.92 Å². The first kappa shape index (κ1) is 8.97. The van der Waals surface area contributed by atoms with E-state index < -0.39 is 24.1 Å². The number of aliphatic hydroxyl groups is 2. The maximum absolute atomic E-state index is 10.8. The largest absolute Gasteiger partial charge is 0.481 e. The number of carbonyl (C=O) groups is 1. The molecule has 3 aliphatic carbocycles. The molecule has 3 rings (SSSR count). The van der Waals surface area contributed by atoms with Crippen LogP contribution in [-0.4, -0.2) is 33.5 Å². The van der Waals surface area contributed by atoms with Gasteiger partial charge in [-0.2, -0.15) is 0 Å². The lowest BCUT2D eigenvalue weighted by atomic mass is 9.62. The molecule has 0 aromatic rings. The van der Waals surface area contributed by atoms with Crippen LogP contribution in [0.25, 0.3) is 0 Å². The molecule has 0 aromatic carbocycles. The zero-order valence-corrected chi connectivity index (χ0v) is 7.26. The number of aliphatic carboxylic acids is 1. The molecule has 2 bridgehead atoms. The molecule has 3 saturated carbocycles. The normalized spacial score (nSPS) is 49.2. The van der Waals surface area contributed by atoms with E-state index in [9.17, 15) is 15.0 Å². The van der Waals surface area contributed by atoms with E-state index in [2.05, 4.69) is 0 Å². The van der Waals surface area contributed by atoms with Crippen molar-refractivity contribution in [1.82, 2.24) is 0 Å². The predicted octanol–water partition coefficient (Wildman–Crippen LogP) is -0.161. The van der Waals surface area contributed by atoms with Crippen LogP contribution in [0.5, 0.6) is 0 Å². The number of fused-ring (bicyclic) bond motifs is 3. The van der Waals surface area contributed by atoms with Crippen molar-refractivity contribution >= 4 is 5.97 Å². The van der Waals surface area contributed by atoms with Gasteiger partial charge in [0.1, 0.15) is 0 Å². The van der Waals surface area contributed by atoms with Gasteiger partial charge in [-0.05, 0) is 25.2 Å². The third kappa shape index (κ3) is 1.25. The summed E-state index contributed by atoms with van der Waals surface area (Å²) in [7, 11) is 0. The Morgan fingerprint density at radius 2 is 1.85 bits per heavy atom. The molecule has 0 saturated heterocycles. The van der Waals surface area contributed by atoms with Crippen molar-refractivity contribution in [3.05, 3.63) is 0 Å². The standard InChI is InChI=1S/C9H14O4/c10-7-4-1-2-5(8(7)11)6(3-4)9(12)13/h4-8,10-11H,1-3H2,(H,12,13)/t4-,5+,6-,7-,8+/m1/s1. The first-order chi connectivity index (χ1) is 6.11. The van der Waals surface area contributed by atoms with Crippen LogP contribution in [0, 0.1) is 17.8 Å². The Bertz CT molecular complexity index is 226. The third-order valence-corrected chi connectivity index (χ3v) is 3.53. The molecule has 4 heteroatoms. The smallest absolute Gasteiger partial charge is 0.306 e. The lowest BCUT2D eigenvalue weighted by Gasteiger charge is -2.46. The zero-order valence-electron chi connectivity index (χ0n) is 7.26. The van der Waals surface area contributed by atoms with Gasteiger partial charge in [-0.25, -0.2) is 0 Å². The molecule has 3 N–H and O–H groups in total. The summed E-state index contributed by atoms with van der Waals surface area (Å²) in [5, 5.41) is 28.0. The Kier molecular flexibility index (Phi) is 2.04. The molecule has 0 unspecified atom stereocenters. The van der Waals surface area contributed by atoms with Crippen LogP contribution in [0.4, 0.5) is 0 Å². The molecule has 0 spiro atoms. The van der Waals surface area contributed by atoms with Crippen molar-refractivity contribution in [3.63, 3.8) is 0 Å². The van der Waals surface area contributed by atoms with E-state index in [1.807, 2.05) is 0 Å². The van der Waals surface area contributed by atoms with Crippen LogP contribution in [0.1, 0.15) is 19.3 Å². The summed E-state index contributed by atoms with van der Waals surface area (Å²) >= 11 is 0. The number of hydrogen-bond acceptors (Lipinski definition) is 3. The van der Waals surface area contributed by atoms with E-state index in [-0.39, 0.29) is 11.8 Å². The number of rotatable bonds is 1. The molecule has 3 aliphatic rings. The van der Waals surface area contributed by atoms with Gasteiger partial charge in [0.05, 0.1) is 18.1 Å². The van der Waals surface area contributed by atoms with Gasteiger partial charge in [-0.15, -0.1) is 0 Å². The minimum atomic E-state index is -0.833. The lowest BCUT2D eigenvalue weighted by molar-refractivity contribution is -0.167. The topological polar surface area (TPSA) is 77.8 Å². The molecule has 0 aliphatic heterocycles. The molecule has 0 heterocycles. The van der Waals surface area contributed by atoms with Crippen LogP contribution >= 0.6 is 0 Å². The Balaban J connectivity index is 2.18. The van der Waals surface area contributed by atoms with Crippen molar-refractivity contribution in [3.8, 4) is 0 Å². The van der Waals surface area contributed by atoms with E-state index in [1.165, 1.54) is 0 Å². The van der Waals surface area contributed by atoms with Gasteiger partial charge in [0.15, 0.2) is 0 Å². The third-order valence-electron chi connectivity index (χ3n) is 3.53. The minimum Gasteiger partial charge on any atom is -0.481 e. The second-order valence-corrected chi connectivity index (χ2v) is 4.16. The Morgan fingerprint density at radius 3 is 2.38 bits per heavy atom. The summed E-state index contributed by atoms with van der Waals surface area (Å²) in [6.45, 7) is 0. The van der Waals surface area contributed by atoms with Gasteiger partial charge >= 0.3 is 5.97 Å². The monoisotopic (exact) mass is 186 g/mol. The molecule has 5 atom stereocenters. The van der Waals surface area contributed by atoms with Gasteiger partial charge in [0.2, 0.25) is 0 Å². The van der Waals surface area contributed by atoms with Gasteiger partial charge in [0.25, 0.3) is 0 Å². The average molecular weight is 186 g/mol. The molecule has 13 heavy (non-hydrogen) atoms. The summed E-state index contributed by atoms with van der Waals surface area (Å²) in [6, 6.07) is 0. The zero-order chi connectivity index (χ0) is 9.59. The van der Waals surface area contributed by atoms with Crippen molar-refractivity contribution < 1.29 is 20.1 Å². The van der Waals surface area contributed by atoms with Crippen LogP contribution < -0.4 is 0 Å². The maximum atomic E-state index is 10.8. The Hall–Kier alpha value is -0.610. The SMILES string of the molecule is O=C(O)[C@@H]1C[C@H]2CC[C@@H]1[C@H](O)[C@@H]2O. The first-order valence-electron chi connectivity index (χ1n) is 4.70. The van der Waals surface area contributed by atoms with E-state index in [4.69, 9.17) is 5.11 Å². The fourth-order valence-corrected chi connectivity index (χ4v) is 2.76. The van der Waals surface area contributed by atoms with Crippen molar-refractivity contribution in [2.75, 3.05) is 0 Å². The van der Waals surface area contributed by atoms with Crippen molar-refractivity contribution in [2.24, 2.45) is 17.8 Å². The van der Waals surface area contributed by atoms with Crippen molar-refractivity contribution in [1.29, 1.82) is 0 Å². The number of carboxylic acids is 1. The second kappa shape index (κ2) is 2.96. The maximum Gasteiger partial charge on any atom is 0.306 e. The highest BCUT2D eigenvalue weighted by Gasteiger charge is 2.49. The summed E-state index contributed by atoms with van der Waals surface area (Å²) < 4.78 is 0. The number of hydrogen-bond donors (Lipinski definition) is 3. The molecular formula is C9H14O4. The van der Waals surface area contributed by atoms with E-state index in [0.29, 0.717) is 6.42 Å². The van der Waals surface area contributed by atoms with E-state index >= 15 is 0 Å². The van der Waals surface area contributed by atoms with Gasteiger partial charge < -0.3 is 15.3 Å². The highest BCUT2D eigenvalue weighted by atomic mass is 16.4. The summed E-state index contributed by atoms with van der Waals surface area (Å²) in [6.07, 6.45) is 0.591. The van der Waals surface area contributed by atoms with Crippen LogP contribution in [0.2, 0.25) is 0 Å². The number of carboxylic acid groups (broad SMARTS) is 1. The molecular weight excluding hydrogens is 172 g/mol. The first-order valence-corrected chi connectivity index (χ1v) is 4.70. The second-order valence-electron chi connectivity index (χ2n) is 4.16. The van der Waals surface area contributed by atoms with Crippen molar-refractivity contribution in [2.45, 2.75) is 31.5 Å². The Morgan fingerprint density at radius 1 is 1.15 bits per heavy atom.